The first-order valence-electron chi connectivity index (χ1n) is 9.35. The first-order valence-corrected chi connectivity index (χ1v) is 9.35. The number of anilines is 1. The van der Waals surface area contributed by atoms with Gasteiger partial charge in [-0.25, -0.2) is 4.98 Å². The van der Waals surface area contributed by atoms with Crippen molar-refractivity contribution in [2.75, 3.05) is 24.6 Å². The molecule has 1 saturated heterocycles. The average Bonchev–Trinajstić information content (AvgIpc) is 2.74. The molecule has 0 saturated carbocycles. The van der Waals surface area contributed by atoms with Crippen LogP contribution in [0.5, 0.6) is 0 Å². The van der Waals surface area contributed by atoms with Crippen molar-refractivity contribution >= 4 is 22.7 Å². The minimum Gasteiger partial charge on any atom is -0.466 e. The van der Waals surface area contributed by atoms with Crippen LogP contribution in [0.4, 0.5) is 5.95 Å². The Hall–Kier alpha value is -3.02. The molecule has 1 aliphatic rings. The molecule has 0 radical (unpaired) electrons. The van der Waals surface area contributed by atoms with E-state index in [-0.39, 0.29) is 11.9 Å². The van der Waals surface area contributed by atoms with Gasteiger partial charge in [-0.2, -0.15) is 5.10 Å². The molecule has 138 valence electrons. The predicted molar refractivity (Wildman–Crippen MR) is 104 cm³/mol. The predicted octanol–water partition coefficient (Wildman–Crippen LogP) is 3.47. The molecule has 4 rings (SSSR count). The number of hydrogen-bond acceptors (Lipinski definition) is 6. The number of aromatic nitrogens is 3. The maximum Gasteiger partial charge on any atom is 0.310 e. The molecule has 0 aliphatic carbocycles. The van der Waals surface area contributed by atoms with Crippen molar-refractivity contribution in [2.24, 2.45) is 5.92 Å². The Balaban J connectivity index is 1.63. The Kier molecular flexibility index (Phi) is 4.96. The highest BCUT2D eigenvalue weighted by atomic mass is 16.5. The van der Waals surface area contributed by atoms with Crippen LogP contribution in [-0.2, 0) is 9.53 Å². The highest BCUT2D eigenvalue weighted by molar-refractivity contribution is 5.95. The largest absolute Gasteiger partial charge is 0.466 e. The van der Waals surface area contributed by atoms with Crippen LogP contribution in [0, 0.1) is 5.92 Å². The summed E-state index contributed by atoms with van der Waals surface area (Å²) < 4.78 is 5.18. The number of nitrogens with zero attached hydrogens (tertiary/aromatic N) is 4. The number of carbonyl (C=O) groups is 1. The average molecular weight is 362 g/mol. The number of ether oxygens (including phenoxy) is 1. The third-order valence-electron chi connectivity index (χ3n) is 4.94. The molecule has 1 fully saturated rings. The highest BCUT2D eigenvalue weighted by Gasteiger charge is 2.28. The summed E-state index contributed by atoms with van der Waals surface area (Å²) >= 11 is 0. The monoisotopic (exact) mass is 362 g/mol. The lowest BCUT2D eigenvalue weighted by Crippen LogP contribution is -2.40. The number of fused-ring (bicyclic) bond motifs is 1. The van der Waals surface area contributed by atoms with Gasteiger partial charge in [0, 0.05) is 18.7 Å². The van der Waals surface area contributed by atoms with Crippen LogP contribution in [-0.4, -0.2) is 40.8 Å². The third kappa shape index (κ3) is 3.60. The van der Waals surface area contributed by atoms with Gasteiger partial charge < -0.3 is 9.64 Å². The van der Waals surface area contributed by atoms with Crippen LogP contribution < -0.4 is 4.90 Å². The van der Waals surface area contributed by atoms with Crippen LogP contribution in [0.15, 0.2) is 48.7 Å². The fourth-order valence-corrected chi connectivity index (χ4v) is 3.62. The van der Waals surface area contributed by atoms with E-state index in [1.165, 1.54) is 0 Å². The van der Waals surface area contributed by atoms with Crippen molar-refractivity contribution < 1.29 is 9.53 Å². The highest BCUT2D eigenvalue weighted by Crippen LogP contribution is 2.28. The van der Waals surface area contributed by atoms with Gasteiger partial charge >= 0.3 is 5.97 Å². The van der Waals surface area contributed by atoms with Crippen molar-refractivity contribution in [2.45, 2.75) is 19.8 Å². The number of benzene rings is 2. The number of carbonyl (C=O) groups excluding carboxylic acids is 1. The summed E-state index contributed by atoms with van der Waals surface area (Å²) in [6.45, 7) is 3.62. The quantitative estimate of drug-likeness (QED) is 0.662. The summed E-state index contributed by atoms with van der Waals surface area (Å²) in [5, 5.41) is 10.7. The summed E-state index contributed by atoms with van der Waals surface area (Å²) in [4.78, 5) is 18.9. The Morgan fingerprint density at radius 2 is 2.07 bits per heavy atom. The zero-order valence-electron chi connectivity index (χ0n) is 15.3. The molecule has 27 heavy (non-hydrogen) atoms. The van der Waals surface area contributed by atoms with Crippen LogP contribution in [0.25, 0.3) is 22.0 Å². The smallest absolute Gasteiger partial charge is 0.310 e. The molecule has 0 bridgehead atoms. The normalized spacial score (nSPS) is 17.1. The van der Waals surface area contributed by atoms with Gasteiger partial charge in [-0.15, -0.1) is 5.10 Å². The summed E-state index contributed by atoms with van der Waals surface area (Å²) in [5.74, 6) is 0.290. The zero-order valence-corrected chi connectivity index (χ0v) is 15.3. The van der Waals surface area contributed by atoms with Crippen LogP contribution >= 0.6 is 0 Å². The van der Waals surface area contributed by atoms with Crippen molar-refractivity contribution in [3.8, 4) is 11.3 Å². The molecular weight excluding hydrogens is 340 g/mol. The number of hydrogen-bond donors (Lipinski definition) is 0. The fraction of sp³-hybridized carbons (Fsp3) is 0.333. The molecule has 1 aromatic heterocycles. The van der Waals surface area contributed by atoms with E-state index in [2.05, 4.69) is 28.4 Å². The van der Waals surface area contributed by atoms with E-state index in [1.54, 1.807) is 6.20 Å². The molecule has 1 unspecified atom stereocenters. The number of esters is 1. The Labute approximate surface area is 158 Å². The van der Waals surface area contributed by atoms with Gasteiger partial charge in [-0.05, 0) is 30.5 Å². The molecule has 2 aromatic carbocycles. The van der Waals surface area contributed by atoms with E-state index in [0.717, 1.165) is 41.4 Å². The first-order chi connectivity index (χ1) is 13.3. The molecule has 2 heterocycles. The Morgan fingerprint density at radius 3 is 2.96 bits per heavy atom. The second-order valence-corrected chi connectivity index (χ2v) is 6.71. The topological polar surface area (TPSA) is 68.2 Å². The van der Waals surface area contributed by atoms with E-state index in [1.807, 2.05) is 36.1 Å². The summed E-state index contributed by atoms with van der Waals surface area (Å²) in [6.07, 6.45) is 3.44. The minimum atomic E-state index is -0.139. The van der Waals surface area contributed by atoms with Crippen molar-refractivity contribution in [3.63, 3.8) is 0 Å². The van der Waals surface area contributed by atoms with Crippen LogP contribution in [0.3, 0.4) is 0 Å². The second kappa shape index (κ2) is 7.70. The lowest BCUT2D eigenvalue weighted by Gasteiger charge is -2.31. The Bertz CT molecular complexity index is 954. The first kappa shape index (κ1) is 17.4. The van der Waals surface area contributed by atoms with Crippen molar-refractivity contribution in [3.05, 3.63) is 48.7 Å². The second-order valence-electron chi connectivity index (χ2n) is 6.71. The molecule has 1 atom stereocenters. The molecule has 6 heteroatoms. The van der Waals surface area contributed by atoms with Gasteiger partial charge in [-0.3, -0.25) is 4.79 Å². The van der Waals surface area contributed by atoms with E-state index in [0.29, 0.717) is 19.1 Å². The van der Waals surface area contributed by atoms with Gasteiger partial charge in [0.2, 0.25) is 5.95 Å². The van der Waals surface area contributed by atoms with Crippen LogP contribution in [0.1, 0.15) is 19.8 Å². The molecule has 0 spiro atoms. The standard InChI is InChI=1S/C21H22N4O2/c1-2-27-20(26)16-9-6-12-25(14-16)21-23-19(13-22-24-21)18-11-5-8-15-7-3-4-10-17(15)18/h3-5,7-8,10-11,13,16H,2,6,9,12,14H2,1H3. The van der Waals surface area contributed by atoms with Crippen LogP contribution in [0.2, 0.25) is 0 Å². The number of rotatable bonds is 4. The minimum absolute atomic E-state index is 0.136. The van der Waals surface area contributed by atoms with Crippen molar-refractivity contribution in [1.82, 2.24) is 15.2 Å². The molecule has 3 aromatic rings. The number of piperidine rings is 1. The molecule has 1 aliphatic heterocycles. The zero-order chi connectivity index (χ0) is 18.6. The molecule has 0 N–H and O–H groups in total. The van der Waals surface area contributed by atoms with E-state index in [9.17, 15) is 4.79 Å². The van der Waals surface area contributed by atoms with E-state index >= 15 is 0 Å². The summed E-state index contributed by atoms with van der Waals surface area (Å²) in [7, 11) is 0. The maximum absolute atomic E-state index is 12.1. The SMILES string of the molecule is CCOC(=O)C1CCCN(c2nncc(-c3cccc4ccccc34)n2)C1. The van der Waals surface area contributed by atoms with Gasteiger partial charge in [0.25, 0.3) is 0 Å². The molecule has 0 amide bonds. The molecule has 6 nitrogen and oxygen atoms in total. The van der Waals surface area contributed by atoms with Gasteiger partial charge in [0.1, 0.15) is 0 Å². The Morgan fingerprint density at radius 1 is 1.22 bits per heavy atom. The van der Waals surface area contributed by atoms with Gasteiger partial charge in [0.05, 0.1) is 24.4 Å². The summed E-state index contributed by atoms with van der Waals surface area (Å²) in [6, 6.07) is 14.4. The maximum atomic E-state index is 12.1. The van der Waals surface area contributed by atoms with E-state index in [4.69, 9.17) is 9.72 Å². The lowest BCUT2D eigenvalue weighted by molar-refractivity contribution is -0.148. The van der Waals surface area contributed by atoms with E-state index < -0.39 is 0 Å². The van der Waals surface area contributed by atoms with Gasteiger partial charge in [0.15, 0.2) is 0 Å². The van der Waals surface area contributed by atoms with Gasteiger partial charge in [-0.1, -0.05) is 42.5 Å². The fourth-order valence-electron chi connectivity index (χ4n) is 3.62. The van der Waals surface area contributed by atoms with Crippen molar-refractivity contribution in [1.29, 1.82) is 0 Å². The lowest BCUT2D eigenvalue weighted by atomic mass is 9.98. The molecular formula is C21H22N4O2. The third-order valence-corrected chi connectivity index (χ3v) is 4.94. The summed E-state index contributed by atoms with van der Waals surface area (Å²) in [5.41, 5.74) is 1.82.